The van der Waals surface area contributed by atoms with Crippen LogP contribution in [-0.2, 0) is 4.79 Å². The Kier molecular flexibility index (Phi) is 4.92. The predicted molar refractivity (Wildman–Crippen MR) is 111 cm³/mol. The van der Waals surface area contributed by atoms with Crippen molar-refractivity contribution in [2.24, 2.45) is 5.92 Å². The third kappa shape index (κ3) is 3.19. The number of ether oxygens (including phenoxy) is 1. The van der Waals surface area contributed by atoms with Crippen molar-refractivity contribution in [3.63, 3.8) is 0 Å². The Morgan fingerprint density at radius 1 is 1.17 bits per heavy atom. The molecule has 0 spiro atoms. The number of pyridine rings is 1. The van der Waals surface area contributed by atoms with Crippen molar-refractivity contribution in [1.29, 1.82) is 0 Å². The normalized spacial score (nSPS) is 28.7. The lowest BCUT2D eigenvalue weighted by molar-refractivity contribution is -0.161. The second-order valence-electron chi connectivity index (χ2n) is 8.65. The summed E-state index contributed by atoms with van der Waals surface area (Å²) < 4.78 is 5.37. The van der Waals surface area contributed by atoms with Gasteiger partial charge in [0.2, 0.25) is 5.91 Å². The highest BCUT2D eigenvalue weighted by molar-refractivity contribution is 5.86. The van der Waals surface area contributed by atoms with Crippen LogP contribution in [0.5, 0.6) is 5.75 Å². The largest absolute Gasteiger partial charge is 0.497 e. The number of aliphatic hydroxyl groups excluding tert-OH is 1. The molecule has 154 valence electrons. The number of carbonyl (C=O) groups is 1. The predicted octanol–water partition coefficient (Wildman–Crippen LogP) is 2.75. The van der Waals surface area contributed by atoms with E-state index in [9.17, 15) is 9.90 Å². The van der Waals surface area contributed by atoms with Gasteiger partial charge < -0.3 is 14.7 Å². The molecule has 1 aromatic carbocycles. The minimum Gasteiger partial charge on any atom is -0.497 e. The molecule has 4 saturated heterocycles. The van der Waals surface area contributed by atoms with Crippen LogP contribution < -0.4 is 4.74 Å². The number of likely N-dealkylation sites (tertiary alicyclic amines) is 1. The molecule has 0 aliphatic carbocycles. The number of hydrogen-bond donors (Lipinski definition) is 1. The summed E-state index contributed by atoms with van der Waals surface area (Å²) in [6.45, 7) is 2.81. The van der Waals surface area contributed by atoms with E-state index in [2.05, 4.69) is 9.88 Å². The van der Waals surface area contributed by atoms with Gasteiger partial charge in [-0.1, -0.05) is 6.42 Å². The summed E-state index contributed by atoms with van der Waals surface area (Å²) in [5.74, 6) is 1.30. The highest BCUT2D eigenvalue weighted by Gasteiger charge is 2.50. The Labute approximate surface area is 171 Å². The van der Waals surface area contributed by atoms with E-state index in [1.54, 1.807) is 13.3 Å². The van der Waals surface area contributed by atoms with Crippen LogP contribution in [-0.4, -0.2) is 64.6 Å². The Balaban J connectivity index is 1.44. The van der Waals surface area contributed by atoms with Gasteiger partial charge in [-0.3, -0.25) is 14.7 Å². The molecule has 6 nitrogen and oxygen atoms in total. The molecule has 4 atom stereocenters. The summed E-state index contributed by atoms with van der Waals surface area (Å²) >= 11 is 0. The highest BCUT2D eigenvalue weighted by Crippen LogP contribution is 2.42. The van der Waals surface area contributed by atoms with Crippen molar-refractivity contribution in [3.05, 3.63) is 36.0 Å². The van der Waals surface area contributed by atoms with Gasteiger partial charge >= 0.3 is 0 Å². The fourth-order valence-electron chi connectivity index (χ4n) is 5.65. The van der Waals surface area contributed by atoms with Gasteiger partial charge in [-0.15, -0.1) is 0 Å². The first-order chi connectivity index (χ1) is 14.2. The van der Waals surface area contributed by atoms with Gasteiger partial charge in [0, 0.05) is 18.1 Å². The van der Waals surface area contributed by atoms with Crippen LogP contribution >= 0.6 is 0 Å². The molecule has 4 aliphatic heterocycles. The Bertz CT molecular complexity index is 911. The second kappa shape index (κ2) is 7.58. The lowest BCUT2D eigenvalue weighted by Gasteiger charge is -2.53. The maximum absolute atomic E-state index is 13.3. The number of methoxy groups -OCH3 is 1. The molecule has 29 heavy (non-hydrogen) atoms. The number of hydrogen-bond acceptors (Lipinski definition) is 5. The Morgan fingerprint density at radius 2 is 2.00 bits per heavy atom. The fraction of sp³-hybridized carbons (Fsp3) is 0.565. The molecule has 4 fully saturated rings. The molecule has 2 aromatic rings. The van der Waals surface area contributed by atoms with Crippen LogP contribution in [0.1, 0.15) is 43.8 Å². The standard InChI is InChI=1S/C23H29N3O3/c1-29-16-5-6-19-18(14-16)17(7-9-24-19)22(27)20-13-15-8-12-26(20)23(28)21(15)25-10-3-2-4-11-25/h5-7,9,14-15,20-22,27H,2-4,8,10-13H2,1H3/t15-,20+,21+,22-/m0/s1. The van der Waals surface area contributed by atoms with Gasteiger partial charge in [-0.25, -0.2) is 0 Å². The number of aromatic nitrogens is 1. The maximum atomic E-state index is 13.3. The first-order valence-corrected chi connectivity index (χ1v) is 10.8. The average molecular weight is 396 g/mol. The van der Waals surface area contributed by atoms with E-state index in [-0.39, 0.29) is 18.0 Å². The van der Waals surface area contributed by atoms with E-state index in [0.29, 0.717) is 5.92 Å². The third-order valence-electron chi connectivity index (χ3n) is 7.12. The number of aliphatic hydroxyl groups is 1. The minimum atomic E-state index is -0.721. The lowest BCUT2D eigenvalue weighted by Crippen LogP contribution is -2.66. The smallest absolute Gasteiger partial charge is 0.240 e. The monoisotopic (exact) mass is 395 g/mol. The number of piperidine rings is 4. The summed E-state index contributed by atoms with van der Waals surface area (Å²) in [6.07, 6.45) is 6.57. The van der Waals surface area contributed by atoms with Crippen molar-refractivity contribution in [3.8, 4) is 5.75 Å². The van der Waals surface area contributed by atoms with Crippen LogP contribution in [0.15, 0.2) is 30.5 Å². The van der Waals surface area contributed by atoms with Crippen molar-refractivity contribution >= 4 is 16.8 Å². The van der Waals surface area contributed by atoms with Crippen molar-refractivity contribution in [2.75, 3.05) is 26.7 Å². The van der Waals surface area contributed by atoms with Crippen molar-refractivity contribution in [1.82, 2.24) is 14.8 Å². The SMILES string of the molecule is COc1ccc2nccc([C@H](O)[C@H]3C[C@@H]4CCN3C(=O)[C@@H]4N3CCCCC3)c2c1. The summed E-state index contributed by atoms with van der Waals surface area (Å²) in [7, 11) is 1.64. The number of carbonyl (C=O) groups excluding carboxylic acids is 1. The highest BCUT2D eigenvalue weighted by atomic mass is 16.5. The fourth-order valence-corrected chi connectivity index (χ4v) is 5.65. The molecule has 0 radical (unpaired) electrons. The topological polar surface area (TPSA) is 65.9 Å². The number of amides is 1. The molecule has 5 heterocycles. The molecular formula is C23H29N3O3. The summed E-state index contributed by atoms with van der Waals surface area (Å²) in [5.41, 5.74) is 1.66. The molecule has 0 saturated carbocycles. The van der Waals surface area contributed by atoms with E-state index in [4.69, 9.17) is 4.74 Å². The van der Waals surface area contributed by atoms with Crippen LogP contribution in [0.2, 0.25) is 0 Å². The summed E-state index contributed by atoms with van der Waals surface area (Å²) in [4.78, 5) is 22.1. The van der Waals surface area contributed by atoms with E-state index >= 15 is 0 Å². The number of nitrogens with zero attached hydrogens (tertiary/aromatic N) is 3. The van der Waals surface area contributed by atoms with Gasteiger partial charge in [0.15, 0.2) is 0 Å². The zero-order valence-corrected chi connectivity index (χ0v) is 17.0. The van der Waals surface area contributed by atoms with Crippen molar-refractivity contribution in [2.45, 2.75) is 50.3 Å². The lowest BCUT2D eigenvalue weighted by atomic mass is 9.75. The molecule has 1 amide bonds. The summed E-state index contributed by atoms with van der Waals surface area (Å²) in [5, 5.41) is 12.3. The number of benzene rings is 1. The molecule has 2 bridgehead atoms. The van der Waals surface area contributed by atoms with Crippen molar-refractivity contribution < 1.29 is 14.6 Å². The zero-order chi connectivity index (χ0) is 20.0. The molecule has 6 rings (SSSR count). The van der Waals surface area contributed by atoms with E-state index in [0.717, 1.165) is 54.7 Å². The van der Waals surface area contributed by atoms with Crippen LogP contribution in [0, 0.1) is 5.92 Å². The van der Waals surface area contributed by atoms with Gasteiger partial charge in [0.25, 0.3) is 0 Å². The van der Waals surface area contributed by atoms with Gasteiger partial charge in [-0.05, 0) is 74.5 Å². The van der Waals surface area contributed by atoms with Crippen LogP contribution in [0.4, 0.5) is 0 Å². The first kappa shape index (κ1) is 18.8. The molecule has 0 unspecified atom stereocenters. The second-order valence-corrected chi connectivity index (χ2v) is 8.65. The molecule has 1 aromatic heterocycles. The van der Waals surface area contributed by atoms with Crippen LogP contribution in [0.3, 0.4) is 0 Å². The third-order valence-corrected chi connectivity index (χ3v) is 7.12. The summed E-state index contributed by atoms with van der Waals surface area (Å²) in [6, 6.07) is 7.44. The molecule has 4 aliphatic rings. The first-order valence-electron chi connectivity index (χ1n) is 10.8. The zero-order valence-electron chi connectivity index (χ0n) is 17.0. The van der Waals surface area contributed by atoms with Crippen LogP contribution in [0.25, 0.3) is 10.9 Å². The number of fused-ring (bicyclic) bond motifs is 4. The van der Waals surface area contributed by atoms with E-state index < -0.39 is 6.10 Å². The van der Waals surface area contributed by atoms with Gasteiger partial charge in [0.05, 0.1) is 24.7 Å². The molecule has 1 N–H and O–H groups in total. The molecular weight excluding hydrogens is 366 g/mol. The van der Waals surface area contributed by atoms with E-state index in [1.807, 2.05) is 29.2 Å². The van der Waals surface area contributed by atoms with Gasteiger partial charge in [-0.2, -0.15) is 0 Å². The average Bonchev–Trinajstić information content (AvgIpc) is 2.78. The quantitative estimate of drug-likeness (QED) is 0.862. The minimum absolute atomic E-state index is 0.0155. The molecule has 6 heteroatoms. The number of rotatable bonds is 4. The Morgan fingerprint density at radius 3 is 2.76 bits per heavy atom. The maximum Gasteiger partial charge on any atom is 0.240 e. The van der Waals surface area contributed by atoms with E-state index in [1.165, 1.54) is 19.3 Å². The Hall–Kier alpha value is -2.18. The van der Waals surface area contributed by atoms with Gasteiger partial charge in [0.1, 0.15) is 11.9 Å².